The van der Waals surface area contributed by atoms with Crippen LogP contribution in [0.4, 0.5) is 0 Å². The molecule has 0 aromatic heterocycles. The van der Waals surface area contributed by atoms with Crippen LogP contribution in [0.25, 0.3) is 10.8 Å². The Morgan fingerprint density at radius 3 is 1.90 bits per heavy atom. The van der Waals surface area contributed by atoms with E-state index in [4.69, 9.17) is 0 Å². The normalized spacial score (nSPS) is 11.6. The van der Waals surface area contributed by atoms with Gasteiger partial charge in [0.25, 0.3) is 5.91 Å². The third-order valence-corrected chi connectivity index (χ3v) is 5.03. The number of rotatable bonds is 5. The second kappa shape index (κ2) is 8.53. The SMILES string of the molecule is C/C(=N/NC(=O)C(c1ccccc1)c1ccccc1)c1ccc2ccccc2c1. The van der Waals surface area contributed by atoms with E-state index in [-0.39, 0.29) is 5.91 Å². The van der Waals surface area contributed by atoms with E-state index in [2.05, 4.69) is 34.8 Å². The van der Waals surface area contributed by atoms with Gasteiger partial charge in [-0.15, -0.1) is 0 Å². The zero-order valence-electron chi connectivity index (χ0n) is 16.2. The number of nitrogens with zero attached hydrogens (tertiary/aromatic N) is 1. The van der Waals surface area contributed by atoms with Crippen molar-refractivity contribution in [2.24, 2.45) is 5.10 Å². The van der Waals surface area contributed by atoms with Crippen molar-refractivity contribution in [3.05, 3.63) is 120 Å². The number of hydrogen-bond acceptors (Lipinski definition) is 2. The van der Waals surface area contributed by atoms with Crippen LogP contribution in [0.2, 0.25) is 0 Å². The molecule has 0 radical (unpaired) electrons. The lowest BCUT2D eigenvalue weighted by atomic mass is 9.91. The van der Waals surface area contributed by atoms with E-state index in [1.165, 1.54) is 5.39 Å². The van der Waals surface area contributed by atoms with Crippen LogP contribution in [0, 0.1) is 0 Å². The van der Waals surface area contributed by atoms with Crippen molar-refractivity contribution in [1.29, 1.82) is 0 Å². The van der Waals surface area contributed by atoms with Crippen LogP contribution in [0.1, 0.15) is 29.5 Å². The number of fused-ring (bicyclic) bond motifs is 1. The summed E-state index contributed by atoms with van der Waals surface area (Å²) in [6.07, 6.45) is 0. The molecule has 0 heterocycles. The summed E-state index contributed by atoms with van der Waals surface area (Å²) >= 11 is 0. The van der Waals surface area contributed by atoms with Crippen molar-refractivity contribution in [2.45, 2.75) is 12.8 Å². The van der Waals surface area contributed by atoms with Gasteiger partial charge in [0.1, 0.15) is 0 Å². The lowest BCUT2D eigenvalue weighted by Crippen LogP contribution is -2.27. The topological polar surface area (TPSA) is 41.5 Å². The van der Waals surface area contributed by atoms with Crippen LogP contribution >= 0.6 is 0 Å². The average molecular weight is 378 g/mol. The third kappa shape index (κ3) is 4.25. The molecule has 0 spiro atoms. The van der Waals surface area contributed by atoms with Gasteiger partial charge in [-0.05, 0) is 40.5 Å². The number of amides is 1. The molecule has 29 heavy (non-hydrogen) atoms. The Morgan fingerprint density at radius 1 is 0.724 bits per heavy atom. The molecule has 4 rings (SSSR count). The fraction of sp³-hybridized carbons (Fsp3) is 0.0769. The second-order valence-corrected chi connectivity index (χ2v) is 6.99. The number of nitrogens with one attached hydrogen (secondary N) is 1. The Labute approximate surface area is 170 Å². The van der Waals surface area contributed by atoms with Gasteiger partial charge in [-0.2, -0.15) is 5.10 Å². The number of benzene rings is 4. The van der Waals surface area contributed by atoms with Gasteiger partial charge in [-0.1, -0.05) is 97.1 Å². The van der Waals surface area contributed by atoms with Gasteiger partial charge in [0.05, 0.1) is 11.6 Å². The van der Waals surface area contributed by atoms with E-state index in [1.54, 1.807) is 0 Å². The fourth-order valence-electron chi connectivity index (χ4n) is 3.47. The fourth-order valence-corrected chi connectivity index (χ4v) is 3.47. The summed E-state index contributed by atoms with van der Waals surface area (Å²) < 4.78 is 0. The summed E-state index contributed by atoms with van der Waals surface area (Å²) in [7, 11) is 0. The van der Waals surface area contributed by atoms with E-state index < -0.39 is 5.92 Å². The first-order chi connectivity index (χ1) is 14.2. The van der Waals surface area contributed by atoms with Crippen molar-refractivity contribution < 1.29 is 4.79 Å². The number of hydrazone groups is 1. The lowest BCUT2D eigenvalue weighted by Gasteiger charge is -2.16. The maximum atomic E-state index is 13.1. The molecule has 4 aromatic rings. The Kier molecular flexibility index (Phi) is 5.48. The lowest BCUT2D eigenvalue weighted by molar-refractivity contribution is -0.121. The molecule has 0 aliphatic heterocycles. The van der Waals surface area contributed by atoms with Gasteiger partial charge < -0.3 is 0 Å². The third-order valence-electron chi connectivity index (χ3n) is 5.03. The first-order valence-corrected chi connectivity index (χ1v) is 9.65. The van der Waals surface area contributed by atoms with Gasteiger partial charge in [-0.25, -0.2) is 5.43 Å². The zero-order valence-corrected chi connectivity index (χ0v) is 16.2. The highest BCUT2D eigenvalue weighted by molar-refractivity contribution is 6.02. The van der Waals surface area contributed by atoms with Gasteiger partial charge in [0, 0.05) is 0 Å². The highest BCUT2D eigenvalue weighted by atomic mass is 16.2. The first-order valence-electron chi connectivity index (χ1n) is 9.65. The predicted octanol–water partition coefficient (Wildman–Crippen LogP) is 5.51. The number of carbonyl (C=O) groups is 1. The highest BCUT2D eigenvalue weighted by Gasteiger charge is 2.22. The van der Waals surface area contributed by atoms with Crippen molar-refractivity contribution in [3.8, 4) is 0 Å². The minimum atomic E-state index is -0.412. The average Bonchev–Trinajstić information content (AvgIpc) is 2.79. The smallest absolute Gasteiger partial charge is 0.252 e. The molecule has 1 amide bonds. The summed E-state index contributed by atoms with van der Waals surface area (Å²) in [5.74, 6) is -0.562. The van der Waals surface area contributed by atoms with Crippen molar-refractivity contribution in [2.75, 3.05) is 0 Å². The molecule has 0 saturated carbocycles. The van der Waals surface area contributed by atoms with E-state index in [1.807, 2.05) is 85.8 Å². The summed E-state index contributed by atoms with van der Waals surface area (Å²) in [6.45, 7) is 1.91. The molecular weight excluding hydrogens is 356 g/mol. The molecule has 1 N–H and O–H groups in total. The summed E-state index contributed by atoms with van der Waals surface area (Å²) in [5, 5.41) is 6.72. The molecule has 0 aliphatic rings. The Hall–Kier alpha value is -3.72. The molecule has 3 nitrogen and oxygen atoms in total. The largest absolute Gasteiger partial charge is 0.272 e. The van der Waals surface area contributed by atoms with Crippen molar-refractivity contribution >= 4 is 22.4 Å². The maximum Gasteiger partial charge on any atom is 0.252 e. The van der Waals surface area contributed by atoms with E-state index in [0.29, 0.717) is 0 Å². The van der Waals surface area contributed by atoms with E-state index >= 15 is 0 Å². The molecule has 0 saturated heterocycles. The van der Waals surface area contributed by atoms with E-state index in [9.17, 15) is 4.79 Å². The highest BCUT2D eigenvalue weighted by Crippen LogP contribution is 2.24. The number of carbonyl (C=O) groups excluding carboxylic acids is 1. The Morgan fingerprint density at radius 2 is 1.28 bits per heavy atom. The quantitative estimate of drug-likeness (QED) is 0.361. The van der Waals surface area contributed by atoms with Crippen LogP contribution in [0.15, 0.2) is 108 Å². The summed E-state index contributed by atoms with van der Waals surface area (Å²) in [5.41, 5.74) is 6.41. The molecule has 0 fully saturated rings. The summed E-state index contributed by atoms with van der Waals surface area (Å²) in [6, 6.07) is 34.0. The van der Waals surface area contributed by atoms with Gasteiger partial charge in [0.15, 0.2) is 0 Å². The van der Waals surface area contributed by atoms with Crippen LogP contribution in [0.5, 0.6) is 0 Å². The molecule has 3 heteroatoms. The molecule has 4 aromatic carbocycles. The number of hydrogen-bond donors (Lipinski definition) is 1. The van der Waals surface area contributed by atoms with Gasteiger partial charge in [-0.3, -0.25) is 4.79 Å². The van der Waals surface area contributed by atoms with Crippen molar-refractivity contribution in [1.82, 2.24) is 5.43 Å². The molecule has 0 aliphatic carbocycles. The molecule has 0 bridgehead atoms. The van der Waals surface area contributed by atoms with Crippen LogP contribution < -0.4 is 5.43 Å². The monoisotopic (exact) mass is 378 g/mol. The first kappa shape index (κ1) is 18.6. The second-order valence-electron chi connectivity index (χ2n) is 6.99. The molecule has 0 unspecified atom stereocenters. The van der Waals surface area contributed by atoms with Gasteiger partial charge in [0.2, 0.25) is 0 Å². The zero-order chi connectivity index (χ0) is 20.1. The minimum absolute atomic E-state index is 0.150. The van der Waals surface area contributed by atoms with Crippen LogP contribution in [-0.4, -0.2) is 11.6 Å². The Balaban J connectivity index is 1.60. The summed E-state index contributed by atoms with van der Waals surface area (Å²) in [4.78, 5) is 13.1. The predicted molar refractivity (Wildman–Crippen MR) is 119 cm³/mol. The van der Waals surface area contributed by atoms with Crippen LogP contribution in [-0.2, 0) is 4.79 Å². The standard InChI is InChI=1S/C26H22N2O/c1-19(23-17-16-20-10-8-9-15-24(20)18-23)27-28-26(29)25(21-11-4-2-5-12-21)22-13-6-3-7-14-22/h2-18,25H,1H3,(H,28,29)/b27-19-. The van der Waals surface area contributed by atoms with E-state index in [0.717, 1.165) is 27.8 Å². The van der Waals surface area contributed by atoms with Crippen LogP contribution in [0.3, 0.4) is 0 Å². The molecule has 0 atom stereocenters. The molecular formula is C26H22N2O. The Bertz CT molecular complexity index is 1110. The molecule has 142 valence electrons. The maximum absolute atomic E-state index is 13.1. The minimum Gasteiger partial charge on any atom is -0.272 e. The van der Waals surface area contributed by atoms with Gasteiger partial charge >= 0.3 is 0 Å². The van der Waals surface area contributed by atoms with Crippen molar-refractivity contribution in [3.63, 3.8) is 0 Å².